The Kier molecular flexibility index (Phi) is 8.12. The highest BCUT2D eigenvalue weighted by Gasteiger charge is 2.14. The van der Waals surface area contributed by atoms with Gasteiger partial charge in [-0.05, 0) is 54.4 Å². The van der Waals surface area contributed by atoms with Crippen LogP contribution in [0.2, 0.25) is 0 Å². The number of nitrogens with one attached hydrogen (secondary N) is 1. The highest BCUT2D eigenvalue weighted by Crippen LogP contribution is 2.34. The van der Waals surface area contributed by atoms with E-state index < -0.39 is 11.6 Å². The van der Waals surface area contributed by atoms with Gasteiger partial charge in [0.05, 0.1) is 14.2 Å². The molecule has 1 amide bonds. The van der Waals surface area contributed by atoms with E-state index in [-0.39, 0.29) is 18.1 Å². The van der Waals surface area contributed by atoms with Gasteiger partial charge in [0.25, 0.3) is 5.91 Å². The predicted molar refractivity (Wildman–Crippen MR) is 134 cm³/mol. The lowest BCUT2D eigenvalue weighted by atomic mass is 10.1. The molecule has 0 aliphatic carbocycles. The van der Waals surface area contributed by atoms with E-state index in [1.165, 1.54) is 30.6 Å². The third-order valence-corrected chi connectivity index (χ3v) is 6.30. The van der Waals surface area contributed by atoms with Crippen molar-refractivity contribution >= 4 is 17.2 Å². The summed E-state index contributed by atoms with van der Waals surface area (Å²) in [6.07, 6.45) is 0.688. The van der Waals surface area contributed by atoms with Crippen LogP contribution in [0.3, 0.4) is 0 Å². The third kappa shape index (κ3) is 6.17. The number of benzene rings is 3. The van der Waals surface area contributed by atoms with E-state index in [1.54, 1.807) is 30.7 Å². The molecule has 36 heavy (non-hydrogen) atoms. The molecule has 186 valence electrons. The maximum atomic E-state index is 13.9. The number of amides is 1. The van der Waals surface area contributed by atoms with Crippen molar-refractivity contribution in [2.75, 3.05) is 20.8 Å². The molecule has 4 aromatic rings. The van der Waals surface area contributed by atoms with Crippen molar-refractivity contribution in [2.24, 2.45) is 0 Å². The number of nitrogens with zero attached hydrogens (tertiary/aromatic N) is 1. The number of rotatable bonds is 10. The summed E-state index contributed by atoms with van der Waals surface area (Å²) in [4.78, 5) is 17.0. The molecule has 0 saturated heterocycles. The van der Waals surface area contributed by atoms with E-state index >= 15 is 0 Å². The second-order valence-electron chi connectivity index (χ2n) is 7.78. The Labute approximate surface area is 211 Å². The molecule has 6 nitrogen and oxygen atoms in total. The summed E-state index contributed by atoms with van der Waals surface area (Å²) in [5.41, 5.74) is 2.39. The minimum Gasteiger partial charge on any atom is -0.497 e. The average Bonchev–Trinajstić information content (AvgIpc) is 3.39. The Morgan fingerprint density at radius 2 is 1.78 bits per heavy atom. The lowest BCUT2D eigenvalue weighted by molar-refractivity contribution is 0.0950. The van der Waals surface area contributed by atoms with Crippen LogP contribution in [0.25, 0.3) is 10.6 Å². The van der Waals surface area contributed by atoms with Gasteiger partial charge in [-0.3, -0.25) is 4.79 Å². The van der Waals surface area contributed by atoms with Crippen molar-refractivity contribution in [3.05, 3.63) is 94.5 Å². The molecule has 0 spiro atoms. The molecule has 0 aliphatic heterocycles. The Hall–Kier alpha value is -3.98. The lowest BCUT2D eigenvalue weighted by Gasteiger charge is -2.12. The lowest BCUT2D eigenvalue weighted by Crippen LogP contribution is -2.25. The zero-order valence-electron chi connectivity index (χ0n) is 19.7. The van der Waals surface area contributed by atoms with Crippen LogP contribution in [-0.2, 0) is 13.0 Å². The summed E-state index contributed by atoms with van der Waals surface area (Å²) >= 11 is 1.34. The molecule has 1 N–H and O–H groups in total. The molecule has 0 aliphatic rings. The fourth-order valence-corrected chi connectivity index (χ4v) is 4.22. The van der Waals surface area contributed by atoms with Gasteiger partial charge in [0.1, 0.15) is 34.7 Å². The van der Waals surface area contributed by atoms with E-state index in [2.05, 4.69) is 10.3 Å². The van der Waals surface area contributed by atoms with Gasteiger partial charge in [-0.2, -0.15) is 0 Å². The average molecular weight is 511 g/mol. The van der Waals surface area contributed by atoms with E-state index in [1.807, 2.05) is 24.3 Å². The number of aromatic nitrogens is 1. The first-order valence-corrected chi connectivity index (χ1v) is 12.0. The number of methoxy groups -OCH3 is 2. The Balaban J connectivity index is 1.37. The molecule has 0 bridgehead atoms. The molecule has 9 heteroatoms. The van der Waals surface area contributed by atoms with Gasteiger partial charge in [-0.15, -0.1) is 11.3 Å². The summed E-state index contributed by atoms with van der Waals surface area (Å²) < 4.78 is 43.3. The molecular formula is C27H24F2N2O4S. The van der Waals surface area contributed by atoms with Gasteiger partial charge in [0, 0.05) is 29.1 Å². The zero-order chi connectivity index (χ0) is 25.5. The van der Waals surface area contributed by atoms with Crippen LogP contribution in [0.15, 0.2) is 66.0 Å². The fraction of sp³-hybridized carbons (Fsp3) is 0.185. The highest BCUT2D eigenvalue weighted by molar-refractivity contribution is 7.13. The molecule has 4 rings (SSSR count). The Bertz CT molecular complexity index is 1340. The zero-order valence-corrected chi connectivity index (χ0v) is 20.5. The molecule has 0 radical (unpaired) electrons. The maximum absolute atomic E-state index is 13.9. The van der Waals surface area contributed by atoms with E-state index in [9.17, 15) is 13.6 Å². The SMILES string of the molecule is COc1ccc(CCNC(=O)c2csc(-c3ccc(OCc4ccc(F)cc4F)c(OC)c3)n2)cc1. The first-order chi connectivity index (χ1) is 17.5. The summed E-state index contributed by atoms with van der Waals surface area (Å²) in [5.74, 6) is 0.0406. The number of carbonyl (C=O) groups excluding carboxylic acids is 1. The van der Waals surface area contributed by atoms with E-state index in [4.69, 9.17) is 14.2 Å². The van der Waals surface area contributed by atoms with E-state index in [0.29, 0.717) is 35.2 Å². The normalized spacial score (nSPS) is 10.7. The van der Waals surface area contributed by atoms with Gasteiger partial charge in [0.2, 0.25) is 0 Å². The topological polar surface area (TPSA) is 69.7 Å². The fourth-order valence-electron chi connectivity index (χ4n) is 3.43. The van der Waals surface area contributed by atoms with Crippen LogP contribution in [-0.4, -0.2) is 31.7 Å². The predicted octanol–water partition coefficient (Wildman–Crippen LogP) is 5.66. The third-order valence-electron chi connectivity index (χ3n) is 5.40. The maximum Gasteiger partial charge on any atom is 0.270 e. The highest BCUT2D eigenvalue weighted by atomic mass is 32.1. The minimum absolute atomic E-state index is 0.0834. The molecular weight excluding hydrogens is 486 g/mol. The summed E-state index contributed by atoms with van der Waals surface area (Å²) in [5, 5.41) is 5.23. The van der Waals surface area contributed by atoms with Crippen LogP contribution >= 0.6 is 11.3 Å². The van der Waals surface area contributed by atoms with Crippen molar-refractivity contribution in [1.82, 2.24) is 10.3 Å². The first-order valence-electron chi connectivity index (χ1n) is 11.1. The van der Waals surface area contributed by atoms with Crippen molar-refractivity contribution in [3.63, 3.8) is 0 Å². The number of hydrogen-bond acceptors (Lipinski definition) is 6. The number of hydrogen-bond donors (Lipinski definition) is 1. The number of carbonyl (C=O) groups is 1. The first kappa shape index (κ1) is 25.1. The van der Waals surface area contributed by atoms with Crippen molar-refractivity contribution in [2.45, 2.75) is 13.0 Å². The summed E-state index contributed by atoms with van der Waals surface area (Å²) in [7, 11) is 3.11. The quantitative estimate of drug-likeness (QED) is 0.298. The van der Waals surface area contributed by atoms with Gasteiger partial charge < -0.3 is 19.5 Å². The molecule has 0 atom stereocenters. The second-order valence-corrected chi connectivity index (χ2v) is 8.64. The van der Waals surface area contributed by atoms with Crippen LogP contribution < -0.4 is 19.5 Å². The smallest absolute Gasteiger partial charge is 0.270 e. The number of ether oxygens (including phenoxy) is 3. The monoisotopic (exact) mass is 510 g/mol. The van der Waals surface area contributed by atoms with Gasteiger partial charge >= 0.3 is 0 Å². The second kappa shape index (κ2) is 11.6. The standard InChI is InChI=1S/C27H24F2N2O4S/c1-33-21-8-3-17(4-9-21)11-12-30-26(32)23-16-36-27(31-23)18-6-10-24(25(13-18)34-2)35-15-19-5-7-20(28)14-22(19)29/h3-10,13-14,16H,11-12,15H2,1-2H3,(H,30,32). The summed E-state index contributed by atoms with van der Waals surface area (Å²) in [6.45, 7) is 0.395. The van der Waals surface area contributed by atoms with Gasteiger partial charge in [0.15, 0.2) is 11.5 Å². The van der Waals surface area contributed by atoms with Gasteiger partial charge in [-0.1, -0.05) is 12.1 Å². The largest absolute Gasteiger partial charge is 0.497 e. The van der Waals surface area contributed by atoms with Crippen molar-refractivity contribution < 1.29 is 27.8 Å². The van der Waals surface area contributed by atoms with Crippen LogP contribution in [0.4, 0.5) is 8.78 Å². The van der Waals surface area contributed by atoms with Crippen LogP contribution in [0.1, 0.15) is 21.6 Å². The number of halogens is 2. The van der Waals surface area contributed by atoms with Crippen LogP contribution in [0, 0.1) is 11.6 Å². The molecule has 1 heterocycles. The molecule has 0 saturated carbocycles. The van der Waals surface area contributed by atoms with Gasteiger partial charge in [-0.25, -0.2) is 13.8 Å². The summed E-state index contributed by atoms with van der Waals surface area (Å²) in [6, 6.07) is 16.2. The van der Waals surface area contributed by atoms with Crippen molar-refractivity contribution in [3.8, 4) is 27.8 Å². The number of thiazole rings is 1. The minimum atomic E-state index is -0.678. The molecule has 1 aromatic heterocycles. The van der Waals surface area contributed by atoms with Crippen molar-refractivity contribution in [1.29, 1.82) is 0 Å². The Morgan fingerprint density at radius 3 is 2.50 bits per heavy atom. The van der Waals surface area contributed by atoms with Crippen LogP contribution in [0.5, 0.6) is 17.2 Å². The van der Waals surface area contributed by atoms with E-state index in [0.717, 1.165) is 22.9 Å². The Morgan fingerprint density at radius 1 is 0.972 bits per heavy atom. The molecule has 3 aromatic carbocycles. The molecule has 0 unspecified atom stereocenters. The molecule has 0 fully saturated rings.